The van der Waals surface area contributed by atoms with E-state index in [4.69, 9.17) is 0 Å². The van der Waals surface area contributed by atoms with Crippen LogP contribution in [0.15, 0.2) is 30.3 Å². The van der Waals surface area contributed by atoms with Crippen molar-refractivity contribution in [1.82, 2.24) is 10.2 Å². The van der Waals surface area contributed by atoms with Crippen molar-refractivity contribution in [3.63, 3.8) is 0 Å². The Balaban J connectivity index is 2.01. The van der Waals surface area contributed by atoms with Gasteiger partial charge in [0.2, 0.25) is 5.91 Å². The molecular weight excluding hydrogens is 270 g/mol. The highest BCUT2D eigenvalue weighted by Crippen LogP contribution is 2.14. The molecule has 1 aromatic rings. The average Bonchev–Trinajstić information content (AvgIpc) is 3.00. The van der Waals surface area contributed by atoms with Gasteiger partial charge in [-0.2, -0.15) is 0 Å². The van der Waals surface area contributed by atoms with Crippen LogP contribution < -0.4 is 5.32 Å². The summed E-state index contributed by atoms with van der Waals surface area (Å²) in [7, 11) is 0. The maximum atomic E-state index is 12.2. The van der Waals surface area contributed by atoms with Crippen molar-refractivity contribution in [2.24, 2.45) is 0 Å². The molecule has 1 unspecified atom stereocenters. The summed E-state index contributed by atoms with van der Waals surface area (Å²) in [4.78, 5) is 24.2. The molecular formula is C15H19N3O3. The third-order valence-electron chi connectivity index (χ3n) is 3.62. The lowest BCUT2D eigenvalue weighted by Crippen LogP contribution is -2.40. The zero-order chi connectivity index (χ0) is 15.2. The Morgan fingerprint density at radius 1 is 1.48 bits per heavy atom. The molecule has 112 valence electrons. The van der Waals surface area contributed by atoms with Crippen molar-refractivity contribution >= 4 is 17.7 Å². The summed E-state index contributed by atoms with van der Waals surface area (Å²) < 4.78 is 0. The summed E-state index contributed by atoms with van der Waals surface area (Å²) in [6, 6.07) is 6.39. The van der Waals surface area contributed by atoms with E-state index in [0.29, 0.717) is 6.54 Å². The quantitative estimate of drug-likeness (QED) is 0.509. The monoisotopic (exact) mass is 289 g/mol. The van der Waals surface area contributed by atoms with Gasteiger partial charge in [0.15, 0.2) is 0 Å². The van der Waals surface area contributed by atoms with Gasteiger partial charge in [-0.3, -0.25) is 14.9 Å². The maximum Gasteiger partial charge on any atom is 0.269 e. The normalized spacial score (nSPS) is 18.0. The topological polar surface area (TPSA) is 75.5 Å². The van der Waals surface area contributed by atoms with Gasteiger partial charge < -0.3 is 10.2 Å². The molecule has 0 aliphatic carbocycles. The lowest BCUT2D eigenvalue weighted by atomic mass is 10.1. The van der Waals surface area contributed by atoms with Crippen molar-refractivity contribution in [2.75, 3.05) is 19.6 Å². The van der Waals surface area contributed by atoms with Gasteiger partial charge in [-0.1, -0.05) is 0 Å². The molecule has 1 atom stereocenters. The Morgan fingerprint density at radius 3 is 2.71 bits per heavy atom. The molecule has 1 aromatic carbocycles. The number of nitrogens with one attached hydrogen (secondary N) is 1. The molecule has 2 rings (SSSR count). The molecule has 0 spiro atoms. The number of nitro benzene ring substituents is 1. The molecule has 1 aliphatic heterocycles. The van der Waals surface area contributed by atoms with E-state index < -0.39 is 4.92 Å². The molecule has 0 saturated carbocycles. The number of nitrogens with zero attached hydrogens (tertiary/aromatic N) is 2. The first-order valence-corrected chi connectivity index (χ1v) is 7.05. The lowest BCUT2D eigenvalue weighted by Gasteiger charge is -2.25. The van der Waals surface area contributed by atoms with Gasteiger partial charge >= 0.3 is 0 Å². The van der Waals surface area contributed by atoms with E-state index in [1.165, 1.54) is 18.2 Å². The van der Waals surface area contributed by atoms with Crippen molar-refractivity contribution in [3.05, 3.63) is 46.0 Å². The zero-order valence-electron chi connectivity index (χ0n) is 12.0. The van der Waals surface area contributed by atoms with E-state index in [9.17, 15) is 14.9 Å². The molecule has 1 N–H and O–H groups in total. The average molecular weight is 289 g/mol. The maximum absolute atomic E-state index is 12.2. The number of non-ortho nitro benzene ring substituents is 1. The van der Waals surface area contributed by atoms with E-state index >= 15 is 0 Å². The van der Waals surface area contributed by atoms with Gasteiger partial charge in [0.1, 0.15) is 0 Å². The van der Waals surface area contributed by atoms with Crippen molar-refractivity contribution in [1.29, 1.82) is 0 Å². The Hall–Kier alpha value is -2.21. The molecule has 6 heteroatoms. The summed E-state index contributed by atoms with van der Waals surface area (Å²) >= 11 is 0. The van der Waals surface area contributed by atoms with E-state index in [2.05, 4.69) is 5.32 Å². The van der Waals surface area contributed by atoms with Crippen LogP contribution in [0, 0.1) is 10.1 Å². The van der Waals surface area contributed by atoms with Crippen molar-refractivity contribution in [2.45, 2.75) is 19.4 Å². The molecule has 1 fully saturated rings. The van der Waals surface area contributed by atoms with E-state index in [1.54, 1.807) is 18.2 Å². The van der Waals surface area contributed by atoms with Crippen LogP contribution in [0.5, 0.6) is 0 Å². The first-order valence-electron chi connectivity index (χ1n) is 7.05. The number of carbonyl (C=O) groups excluding carboxylic acids is 1. The minimum atomic E-state index is -0.440. The number of nitro groups is 1. The smallest absolute Gasteiger partial charge is 0.269 e. The number of hydrogen-bond acceptors (Lipinski definition) is 4. The van der Waals surface area contributed by atoms with Gasteiger partial charge in [-0.05, 0) is 43.7 Å². The van der Waals surface area contributed by atoms with Gasteiger partial charge in [0.25, 0.3) is 5.69 Å². The third kappa shape index (κ3) is 3.88. The summed E-state index contributed by atoms with van der Waals surface area (Å²) in [5.41, 5.74) is 0.820. The van der Waals surface area contributed by atoms with Gasteiger partial charge in [0.05, 0.1) is 4.92 Å². The number of rotatable bonds is 5. The molecule has 0 radical (unpaired) electrons. The largest absolute Gasteiger partial charge is 0.335 e. The molecule has 21 heavy (non-hydrogen) atoms. The standard InChI is InChI=1S/C15H19N3O3/c1-2-17(14-9-10-16-11-14)15(19)8-5-12-3-6-13(7-4-12)18(20)21/h3-8,14,16H,2,9-11H2,1H3/b8-5+. The minimum absolute atomic E-state index is 0.0236. The Bertz CT molecular complexity index is 534. The van der Waals surface area contributed by atoms with Crippen LogP contribution in [-0.4, -0.2) is 41.4 Å². The number of hydrogen-bond donors (Lipinski definition) is 1. The fourth-order valence-electron chi connectivity index (χ4n) is 2.47. The van der Waals surface area contributed by atoms with Gasteiger partial charge in [0, 0.05) is 37.3 Å². The second-order valence-electron chi connectivity index (χ2n) is 4.95. The van der Waals surface area contributed by atoms with Crippen molar-refractivity contribution < 1.29 is 9.72 Å². The molecule has 1 heterocycles. The highest BCUT2D eigenvalue weighted by Gasteiger charge is 2.23. The number of benzene rings is 1. The summed E-state index contributed by atoms with van der Waals surface area (Å²) in [6.07, 6.45) is 4.20. The Kier molecular flexibility index (Phi) is 5.05. The fraction of sp³-hybridized carbons (Fsp3) is 0.400. The van der Waals surface area contributed by atoms with E-state index in [-0.39, 0.29) is 17.6 Å². The van der Waals surface area contributed by atoms with Crippen LogP contribution in [0.4, 0.5) is 5.69 Å². The van der Waals surface area contributed by atoms with Crippen LogP contribution >= 0.6 is 0 Å². The second-order valence-corrected chi connectivity index (χ2v) is 4.95. The molecule has 6 nitrogen and oxygen atoms in total. The molecule has 0 aromatic heterocycles. The molecule has 1 saturated heterocycles. The SMILES string of the molecule is CCN(C(=O)/C=C/c1ccc([N+](=O)[O-])cc1)C1CCNC1. The highest BCUT2D eigenvalue weighted by atomic mass is 16.6. The summed E-state index contributed by atoms with van der Waals surface area (Å²) in [5, 5.41) is 13.8. The number of amides is 1. The van der Waals surface area contributed by atoms with Crippen LogP contribution in [0.3, 0.4) is 0 Å². The zero-order valence-corrected chi connectivity index (χ0v) is 12.0. The van der Waals surface area contributed by atoms with Crippen LogP contribution in [-0.2, 0) is 4.79 Å². The fourth-order valence-corrected chi connectivity index (χ4v) is 2.47. The van der Waals surface area contributed by atoms with Crippen LogP contribution in [0.2, 0.25) is 0 Å². The van der Waals surface area contributed by atoms with E-state index in [0.717, 1.165) is 25.1 Å². The lowest BCUT2D eigenvalue weighted by molar-refractivity contribution is -0.384. The van der Waals surface area contributed by atoms with Crippen LogP contribution in [0.25, 0.3) is 6.08 Å². The first-order chi connectivity index (χ1) is 10.1. The highest BCUT2D eigenvalue weighted by molar-refractivity contribution is 5.92. The van der Waals surface area contributed by atoms with Gasteiger partial charge in [-0.15, -0.1) is 0 Å². The molecule has 0 bridgehead atoms. The van der Waals surface area contributed by atoms with Gasteiger partial charge in [-0.25, -0.2) is 0 Å². The summed E-state index contributed by atoms with van der Waals surface area (Å²) in [5.74, 6) is -0.0236. The number of carbonyl (C=O) groups is 1. The van der Waals surface area contributed by atoms with E-state index in [1.807, 2.05) is 11.8 Å². The minimum Gasteiger partial charge on any atom is -0.335 e. The molecule has 1 aliphatic rings. The number of likely N-dealkylation sites (N-methyl/N-ethyl adjacent to an activating group) is 1. The van der Waals surface area contributed by atoms with Crippen molar-refractivity contribution in [3.8, 4) is 0 Å². The predicted molar refractivity (Wildman–Crippen MR) is 80.8 cm³/mol. The second kappa shape index (κ2) is 6.99. The summed E-state index contributed by atoms with van der Waals surface area (Å²) in [6.45, 7) is 4.43. The third-order valence-corrected chi connectivity index (χ3v) is 3.62. The Labute approximate surface area is 123 Å². The molecule has 1 amide bonds. The Morgan fingerprint density at radius 2 is 2.19 bits per heavy atom. The first kappa shape index (κ1) is 15.2. The van der Waals surface area contributed by atoms with Crippen LogP contribution in [0.1, 0.15) is 18.9 Å². The predicted octanol–water partition coefficient (Wildman–Crippen LogP) is 1.82.